The first-order chi connectivity index (χ1) is 2.91. The molecule has 0 spiro atoms. The molecule has 0 heterocycles. The molecule has 0 fully saturated rings. The van der Waals surface area contributed by atoms with Crippen LogP contribution in [0.25, 0.3) is 0 Å². The maximum absolute atomic E-state index is 5.21. The van der Waals surface area contributed by atoms with Gasteiger partial charge in [0.05, 0.1) is 7.85 Å². The third-order valence-corrected chi connectivity index (χ3v) is 0.808. The van der Waals surface area contributed by atoms with E-state index in [4.69, 9.17) is 7.85 Å². The molecule has 0 aliphatic rings. The van der Waals surface area contributed by atoms with Crippen LogP contribution in [0.3, 0.4) is 0 Å². The van der Waals surface area contributed by atoms with Crippen LogP contribution >= 0.6 is 0 Å². The van der Waals surface area contributed by atoms with Crippen molar-refractivity contribution in [1.82, 2.24) is 0 Å². The van der Waals surface area contributed by atoms with E-state index in [1.165, 1.54) is 19.3 Å². The van der Waals surface area contributed by atoms with Gasteiger partial charge < -0.3 is 0 Å². The minimum Gasteiger partial charge on any atom is -0.0887 e. The molecule has 1 heteroatoms. The second-order valence-corrected chi connectivity index (χ2v) is 1.50. The predicted molar refractivity (Wildman–Crippen MR) is 36.8 cm³/mol. The summed E-state index contributed by atoms with van der Waals surface area (Å²) in [7, 11) is 5.21. The molecule has 0 unspecified atom stereocenters. The van der Waals surface area contributed by atoms with Crippen LogP contribution in [0.15, 0.2) is 0 Å². The molecular formula is C6H15B. The highest BCUT2D eigenvalue weighted by molar-refractivity contribution is 6.08. The summed E-state index contributed by atoms with van der Waals surface area (Å²) in [5, 5.41) is 0. The van der Waals surface area contributed by atoms with Crippen molar-refractivity contribution in [3.05, 3.63) is 0 Å². The second kappa shape index (κ2) is 9.42. The van der Waals surface area contributed by atoms with Gasteiger partial charge in [0.2, 0.25) is 0 Å². The number of unbranched alkanes of at least 4 members (excludes halogenated alkanes) is 2. The molecule has 0 aromatic rings. The van der Waals surface area contributed by atoms with Crippen LogP contribution in [0, 0.1) is 0 Å². The highest BCUT2D eigenvalue weighted by Crippen LogP contribution is 1.94. The maximum atomic E-state index is 5.21. The molecule has 0 aromatic heterocycles. The minimum atomic E-state index is 0. The lowest BCUT2D eigenvalue weighted by Crippen LogP contribution is -1.69. The van der Waals surface area contributed by atoms with Crippen molar-refractivity contribution < 1.29 is 0 Å². The molecule has 0 atom stereocenters. The third-order valence-electron chi connectivity index (χ3n) is 0.808. The van der Waals surface area contributed by atoms with Gasteiger partial charge in [0.1, 0.15) is 0 Å². The van der Waals surface area contributed by atoms with Gasteiger partial charge in [-0.25, -0.2) is 0 Å². The van der Waals surface area contributed by atoms with Crippen LogP contribution in [-0.2, 0) is 0 Å². The summed E-state index contributed by atoms with van der Waals surface area (Å²) >= 11 is 0. The fourth-order valence-electron chi connectivity index (χ4n) is 0.394. The number of hydrogen-bond donors (Lipinski definition) is 0. The first-order valence-electron chi connectivity index (χ1n) is 2.62. The molecule has 0 saturated heterocycles. The Labute approximate surface area is 48.7 Å². The van der Waals surface area contributed by atoms with E-state index in [1.807, 2.05) is 0 Å². The van der Waals surface area contributed by atoms with Crippen LogP contribution in [-0.4, -0.2) is 7.85 Å². The van der Waals surface area contributed by atoms with Crippen molar-refractivity contribution in [2.45, 2.75) is 39.9 Å². The fourth-order valence-corrected chi connectivity index (χ4v) is 0.394. The predicted octanol–water partition coefficient (Wildman–Crippen LogP) is 2.40. The van der Waals surface area contributed by atoms with E-state index in [0.717, 1.165) is 6.32 Å². The van der Waals surface area contributed by atoms with E-state index in [2.05, 4.69) is 6.92 Å². The Kier molecular flexibility index (Phi) is 13.6. The van der Waals surface area contributed by atoms with Crippen LogP contribution in [0.4, 0.5) is 0 Å². The molecule has 0 rings (SSSR count). The number of hydrogen-bond acceptors (Lipinski definition) is 0. The van der Waals surface area contributed by atoms with Crippen LogP contribution in [0.5, 0.6) is 0 Å². The van der Waals surface area contributed by atoms with Crippen molar-refractivity contribution in [3.63, 3.8) is 0 Å². The van der Waals surface area contributed by atoms with Crippen molar-refractivity contribution in [2.75, 3.05) is 0 Å². The molecule has 0 aliphatic carbocycles. The van der Waals surface area contributed by atoms with Crippen LogP contribution in [0.2, 0.25) is 6.32 Å². The van der Waals surface area contributed by atoms with E-state index >= 15 is 0 Å². The standard InChI is InChI=1S/C5H11B.CH4/c1-2-3-4-5-6;/h2-5H2,1H3;1H4. The van der Waals surface area contributed by atoms with Crippen molar-refractivity contribution in [1.29, 1.82) is 0 Å². The Balaban J connectivity index is 0. The van der Waals surface area contributed by atoms with Crippen molar-refractivity contribution in [2.24, 2.45) is 0 Å². The monoisotopic (exact) mass is 98.1 g/mol. The van der Waals surface area contributed by atoms with Gasteiger partial charge in [-0.15, -0.1) is 0 Å². The quantitative estimate of drug-likeness (QED) is 0.375. The normalized spacial score (nSPS) is 7.57. The summed E-state index contributed by atoms with van der Waals surface area (Å²) in [6.45, 7) is 2.18. The zero-order valence-electron chi connectivity index (χ0n) is 4.41. The number of rotatable bonds is 3. The average Bonchev–Trinajstić information content (AvgIpc) is 1.61. The summed E-state index contributed by atoms with van der Waals surface area (Å²) in [6, 6.07) is 0. The molecule has 0 N–H and O–H groups in total. The van der Waals surface area contributed by atoms with Gasteiger partial charge in [0, 0.05) is 0 Å². The van der Waals surface area contributed by atoms with E-state index in [1.54, 1.807) is 0 Å². The van der Waals surface area contributed by atoms with Gasteiger partial charge in [0.25, 0.3) is 0 Å². The SMILES string of the molecule is C.[B]CCCCC. The lowest BCUT2D eigenvalue weighted by atomic mass is 10.00. The highest BCUT2D eigenvalue weighted by Gasteiger charge is 1.75. The Bertz CT molecular complexity index is 16.1. The topological polar surface area (TPSA) is 0 Å². The molecule has 7 heavy (non-hydrogen) atoms. The Morgan fingerprint density at radius 3 is 2.00 bits per heavy atom. The molecular weight excluding hydrogens is 82.9 g/mol. The van der Waals surface area contributed by atoms with Gasteiger partial charge in [-0.05, 0) is 0 Å². The summed E-state index contributed by atoms with van der Waals surface area (Å²) in [5.74, 6) is 0. The average molecular weight is 98.0 g/mol. The summed E-state index contributed by atoms with van der Waals surface area (Å²) in [6.07, 6.45) is 4.61. The van der Waals surface area contributed by atoms with Crippen LogP contribution < -0.4 is 0 Å². The molecule has 0 saturated carbocycles. The lowest BCUT2D eigenvalue weighted by Gasteiger charge is -1.86. The second-order valence-electron chi connectivity index (χ2n) is 1.50. The molecule has 0 amide bonds. The maximum Gasteiger partial charge on any atom is 0.0653 e. The first kappa shape index (κ1) is 10.1. The van der Waals surface area contributed by atoms with E-state index < -0.39 is 0 Å². The summed E-state index contributed by atoms with van der Waals surface area (Å²) in [4.78, 5) is 0. The van der Waals surface area contributed by atoms with Crippen molar-refractivity contribution >= 4 is 7.85 Å². The van der Waals surface area contributed by atoms with E-state index in [-0.39, 0.29) is 7.43 Å². The Morgan fingerprint density at radius 1 is 1.29 bits per heavy atom. The zero-order valence-corrected chi connectivity index (χ0v) is 4.41. The highest BCUT2D eigenvalue weighted by atomic mass is 13.8. The molecule has 42 valence electrons. The Morgan fingerprint density at radius 2 is 1.86 bits per heavy atom. The summed E-state index contributed by atoms with van der Waals surface area (Å²) in [5.41, 5.74) is 0. The van der Waals surface area contributed by atoms with Gasteiger partial charge in [-0.2, -0.15) is 0 Å². The smallest absolute Gasteiger partial charge is 0.0653 e. The molecule has 0 nitrogen and oxygen atoms in total. The Hall–Kier alpha value is 0.0649. The molecule has 0 aromatic carbocycles. The van der Waals surface area contributed by atoms with E-state index in [0.29, 0.717) is 0 Å². The van der Waals surface area contributed by atoms with Gasteiger partial charge >= 0.3 is 0 Å². The van der Waals surface area contributed by atoms with Crippen molar-refractivity contribution in [3.8, 4) is 0 Å². The zero-order chi connectivity index (χ0) is 4.83. The fraction of sp³-hybridized carbons (Fsp3) is 1.00. The van der Waals surface area contributed by atoms with Gasteiger partial charge in [-0.1, -0.05) is 39.9 Å². The first-order valence-corrected chi connectivity index (χ1v) is 2.62. The van der Waals surface area contributed by atoms with E-state index in [9.17, 15) is 0 Å². The largest absolute Gasteiger partial charge is 0.0887 e. The lowest BCUT2D eigenvalue weighted by molar-refractivity contribution is 0.771. The van der Waals surface area contributed by atoms with Crippen LogP contribution in [0.1, 0.15) is 33.6 Å². The molecule has 2 radical (unpaired) electrons. The molecule has 0 bridgehead atoms. The van der Waals surface area contributed by atoms with Gasteiger partial charge in [-0.3, -0.25) is 0 Å². The minimum absolute atomic E-state index is 0. The summed E-state index contributed by atoms with van der Waals surface area (Å²) < 4.78 is 0. The third kappa shape index (κ3) is 10.7. The van der Waals surface area contributed by atoms with Gasteiger partial charge in [0.15, 0.2) is 0 Å². The molecule has 0 aliphatic heterocycles.